The van der Waals surface area contributed by atoms with Crippen LogP contribution >= 0.6 is 0 Å². The van der Waals surface area contributed by atoms with Crippen molar-refractivity contribution in [3.63, 3.8) is 0 Å². The fourth-order valence-corrected chi connectivity index (χ4v) is 2.11. The van der Waals surface area contributed by atoms with E-state index >= 15 is 0 Å². The molecule has 0 amide bonds. The molecule has 1 rings (SSSR count). The molecule has 0 spiro atoms. The molecule has 0 radical (unpaired) electrons. The zero-order chi connectivity index (χ0) is 15.5. The molecule has 4 nitrogen and oxygen atoms in total. The van der Waals surface area contributed by atoms with Crippen LogP contribution in [0.5, 0.6) is 5.75 Å². The lowest BCUT2D eigenvalue weighted by Gasteiger charge is -2.18. The number of aliphatic hydroxyl groups excluding tert-OH is 1. The molecule has 1 aromatic rings. The molecule has 0 aromatic heterocycles. The number of ether oxygens (including phenoxy) is 2. The quantitative estimate of drug-likeness (QED) is 0.659. The van der Waals surface area contributed by atoms with Crippen LogP contribution in [-0.2, 0) is 4.74 Å². The van der Waals surface area contributed by atoms with E-state index in [1.807, 2.05) is 19.1 Å². The van der Waals surface area contributed by atoms with Crippen molar-refractivity contribution in [2.24, 2.45) is 0 Å². The summed E-state index contributed by atoms with van der Waals surface area (Å²) in [4.78, 5) is 0. The molecule has 2 N–H and O–H groups in total. The summed E-state index contributed by atoms with van der Waals surface area (Å²) in [6.45, 7) is 8.46. The Balaban J connectivity index is 2.45. The van der Waals surface area contributed by atoms with E-state index in [2.05, 4.69) is 31.3 Å². The van der Waals surface area contributed by atoms with Crippen molar-refractivity contribution in [3.8, 4) is 5.75 Å². The van der Waals surface area contributed by atoms with Gasteiger partial charge in [-0.2, -0.15) is 0 Å². The monoisotopic (exact) mass is 295 g/mol. The first-order valence-electron chi connectivity index (χ1n) is 7.93. The van der Waals surface area contributed by atoms with Crippen LogP contribution in [0.15, 0.2) is 24.3 Å². The lowest BCUT2D eigenvalue weighted by molar-refractivity contribution is 0.0164. The van der Waals surface area contributed by atoms with Crippen LogP contribution < -0.4 is 10.1 Å². The van der Waals surface area contributed by atoms with Crippen LogP contribution in [0.25, 0.3) is 0 Å². The summed E-state index contributed by atoms with van der Waals surface area (Å²) in [5.74, 6) is 0.777. The van der Waals surface area contributed by atoms with E-state index in [-0.39, 0.29) is 6.61 Å². The van der Waals surface area contributed by atoms with Gasteiger partial charge in [0.15, 0.2) is 0 Å². The van der Waals surface area contributed by atoms with E-state index < -0.39 is 6.10 Å². The van der Waals surface area contributed by atoms with Crippen LogP contribution in [0, 0.1) is 0 Å². The molecule has 0 aliphatic heterocycles. The number of benzene rings is 1. The molecule has 0 aliphatic rings. The van der Waals surface area contributed by atoms with E-state index in [1.54, 1.807) is 0 Å². The first-order valence-corrected chi connectivity index (χ1v) is 7.93. The van der Waals surface area contributed by atoms with Crippen molar-refractivity contribution in [1.82, 2.24) is 5.32 Å². The Morgan fingerprint density at radius 1 is 1.10 bits per heavy atom. The fourth-order valence-electron chi connectivity index (χ4n) is 2.11. The van der Waals surface area contributed by atoms with Gasteiger partial charge in [0.05, 0.1) is 6.61 Å². The molecule has 0 heterocycles. The highest BCUT2D eigenvalue weighted by Crippen LogP contribution is 2.20. The molecule has 2 unspecified atom stereocenters. The summed E-state index contributed by atoms with van der Waals surface area (Å²) >= 11 is 0. The lowest BCUT2D eigenvalue weighted by atomic mass is 10.0. The first-order chi connectivity index (χ1) is 10.2. The van der Waals surface area contributed by atoms with Crippen molar-refractivity contribution in [2.75, 3.05) is 26.4 Å². The van der Waals surface area contributed by atoms with Gasteiger partial charge in [0, 0.05) is 12.6 Å². The Hall–Kier alpha value is -1.10. The van der Waals surface area contributed by atoms with Crippen LogP contribution in [0.4, 0.5) is 0 Å². The number of aliphatic hydroxyl groups is 1. The number of rotatable bonds is 11. The van der Waals surface area contributed by atoms with Crippen molar-refractivity contribution in [3.05, 3.63) is 29.8 Å². The molecular weight excluding hydrogens is 266 g/mol. The van der Waals surface area contributed by atoms with Crippen LogP contribution in [0.2, 0.25) is 0 Å². The zero-order valence-electron chi connectivity index (χ0n) is 13.5. The smallest absolute Gasteiger partial charge is 0.119 e. The third kappa shape index (κ3) is 6.93. The third-order valence-corrected chi connectivity index (χ3v) is 3.29. The van der Waals surface area contributed by atoms with Gasteiger partial charge >= 0.3 is 0 Å². The molecular formula is C17H29NO3. The van der Waals surface area contributed by atoms with Gasteiger partial charge in [-0.15, -0.1) is 0 Å². The van der Waals surface area contributed by atoms with Crippen molar-refractivity contribution in [2.45, 2.75) is 45.8 Å². The second-order valence-corrected chi connectivity index (χ2v) is 5.11. The lowest BCUT2D eigenvalue weighted by Crippen LogP contribution is -2.23. The normalized spacial score (nSPS) is 13.9. The number of hydrogen-bond donors (Lipinski definition) is 2. The Morgan fingerprint density at radius 3 is 2.38 bits per heavy atom. The maximum absolute atomic E-state index is 9.66. The molecule has 0 aliphatic carbocycles. The third-order valence-electron chi connectivity index (χ3n) is 3.29. The minimum Gasteiger partial charge on any atom is -0.491 e. The molecule has 0 bridgehead atoms. The molecule has 0 saturated heterocycles. The molecule has 0 fully saturated rings. The Bertz CT molecular complexity index is 367. The number of hydrogen-bond acceptors (Lipinski definition) is 4. The Kier molecular flexibility index (Phi) is 9.06. The van der Waals surface area contributed by atoms with E-state index in [0.717, 1.165) is 25.1 Å². The van der Waals surface area contributed by atoms with Gasteiger partial charge in [-0.1, -0.05) is 26.0 Å². The minimum absolute atomic E-state index is 0.255. The summed E-state index contributed by atoms with van der Waals surface area (Å²) in [5, 5.41) is 13.2. The second-order valence-electron chi connectivity index (χ2n) is 5.11. The highest BCUT2D eigenvalue weighted by Gasteiger charge is 2.09. The van der Waals surface area contributed by atoms with Gasteiger partial charge in [-0.3, -0.25) is 0 Å². The molecule has 21 heavy (non-hydrogen) atoms. The average molecular weight is 295 g/mol. The zero-order valence-corrected chi connectivity index (χ0v) is 13.5. The van der Waals surface area contributed by atoms with Gasteiger partial charge in [-0.05, 0) is 44.0 Å². The van der Waals surface area contributed by atoms with Gasteiger partial charge < -0.3 is 19.9 Å². The Labute approximate surface area is 128 Å². The van der Waals surface area contributed by atoms with Crippen LogP contribution in [-0.4, -0.2) is 37.6 Å². The van der Waals surface area contributed by atoms with Crippen molar-refractivity contribution in [1.29, 1.82) is 0 Å². The van der Waals surface area contributed by atoms with Crippen molar-refractivity contribution >= 4 is 0 Å². The second kappa shape index (κ2) is 10.6. The van der Waals surface area contributed by atoms with Crippen LogP contribution in [0.1, 0.15) is 45.2 Å². The van der Waals surface area contributed by atoms with E-state index in [0.29, 0.717) is 19.3 Å². The SMILES string of the molecule is CCCNC(CC)c1ccc(OCC(O)COCC)cc1. The predicted octanol–water partition coefficient (Wildman–Crippen LogP) is 2.91. The Morgan fingerprint density at radius 2 is 1.81 bits per heavy atom. The molecule has 4 heteroatoms. The summed E-state index contributed by atoms with van der Waals surface area (Å²) in [6, 6.07) is 8.47. The highest BCUT2D eigenvalue weighted by atomic mass is 16.5. The van der Waals surface area contributed by atoms with Crippen molar-refractivity contribution < 1.29 is 14.6 Å². The standard InChI is InChI=1S/C17H29NO3/c1-4-11-18-17(5-2)14-7-9-16(10-8-14)21-13-15(19)12-20-6-3/h7-10,15,17-19H,4-6,11-13H2,1-3H3. The van der Waals surface area contributed by atoms with Gasteiger partial charge in [0.1, 0.15) is 18.5 Å². The highest BCUT2D eigenvalue weighted by molar-refractivity contribution is 5.29. The average Bonchev–Trinajstić information content (AvgIpc) is 2.52. The van der Waals surface area contributed by atoms with Gasteiger partial charge in [-0.25, -0.2) is 0 Å². The summed E-state index contributed by atoms with van der Waals surface area (Å²) in [6.07, 6.45) is 1.61. The molecule has 2 atom stereocenters. The maximum Gasteiger partial charge on any atom is 0.119 e. The minimum atomic E-state index is -0.584. The number of nitrogens with one attached hydrogen (secondary N) is 1. The molecule has 1 aromatic carbocycles. The predicted molar refractivity (Wildman–Crippen MR) is 85.8 cm³/mol. The summed E-state index contributed by atoms with van der Waals surface area (Å²) < 4.78 is 10.7. The largest absolute Gasteiger partial charge is 0.491 e. The molecule has 120 valence electrons. The first kappa shape index (κ1) is 18.0. The summed E-state index contributed by atoms with van der Waals surface area (Å²) in [7, 11) is 0. The fraction of sp³-hybridized carbons (Fsp3) is 0.647. The van der Waals surface area contributed by atoms with Crippen LogP contribution in [0.3, 0.4) is 0 Å². The molecule has 0 saturated carbocycles. The van der Waals surface area contributed by atoms with Gasteiger partial charge in [0.2, 0.25) is 0 Å². The summed E-state index contributed by atoms with van der Waals surface area (Å²) in [5.41, 5.74) is 1.27. The van der Waals surface area contributed by atoms with E-state index in [1.165, 1.54) is 5.56 Å². The maximum atomic E-state index is 9.66. The van der Waals surface area contributed by atoms with E-state index in [4.69, 9.17) is 9.47 Å². The topological polar surface area (TPSA) is 50.7 Å². The van der Waals surface area contributed by atoms with E-state index in [9.17, 15) is 5.11 Å². The van der Waals surface area contributed by atoms with Gasteiger partial charge in [0.25, 0.3) is 0 Å².